The van der Waals surface area contributed by atoms with Crippen LogP contribution in [0.4, 0.5) is 0 Å². The van der Waals surface area contributed by atoms with Crippen molar-refractivity contribution in [3.8, 4) is 0 Å². The van der Waals surface area contributed by atoms with Gasteiger partial charge in [-0.05, 0) is 74.1 Å². The molecule has 2 unspecified atom stereocenters. The van der Waals surface area contributed by atoms with Gasteiger partial charge < -0.3 is 5.32 Å². The number of halogens is 1. The summed E-state index contributed by atoms with van der Waals surface area (Å²) in [5.74, 6) is 0.304. The molecule has 2 aromatic carbocycles. The second-order valence-corrected chi connectivity index (χ2v) is 10.1. The molecule has 158 valence electrons. The lowest BCUT2D eigenvalue weighted by molar-refractivity contribution is -0.123. The number of thioether (sulfide) groups is 1. The summed E-state index contributed by atoms with van der Waals surface area (Å²) in [6.07, 6.45) is 2.31. The number of hydrogen-bond donors (Lipinski definition) is 2. The normalized spacial score (nSPS) is 13.7. The van der Waals surface area contributed by atoms with E-state index in [1.807, 2.05) is 38.3 Å². The Bertz CT molecular complexity index is 947. The Hall–Kier alpha value is -1.54. The van der Waals surface area contributed by atoms with E-state index in [2.05, 4.69) is 10.0 Å². The summed E-state index contributed by atoms with van der Waals surface area (Å²) in [4.78, 5) is 13.1. The lowest BCUT2D eigenvalue weighted by atomic mass is 10.1. The second kappa shape index (κ2) is 10.5. The fourth-order valence-electron chi connectivity index (χ4n) is 2.88. The van der Waals surface area contributed by atoms with Gasteiger partial charge in [-0.15, -0.1) is 0 Å². The summed E-state index contributed by atoms with van der Waals surface area (Å²) in [5.41, 5.74) is 2.38. The first kappa shape index (κ1) is 23.7. The average molecular weight is 455 g/mol. The van der Waals surface area contributed by atoms with Gasteiger partial charge in [0.25, 0.3) is 0 Å². The largest absolute Gasteiger partial charge is 0.348 e. The molecule has 0 saturated carbocycles. The zero-order chi connectivity index (χ0) is 21.6. The van der Waals surface area contributed by atoms with Crippen molar-refractivity contribution in [3.63, 3.8) is 0 Å². The molecule has 0 spiro atoms. The van der Waals surface area contributed by atoms with Gasteiger partial charge in [0.15, 0.2) is 0 Å². The number of amides is 1. The molecule has 0 heterocycles. The first-order valence-corrected chi connectivity index (χ1v) is 12.5. The topological polar surface area (TPSA) is 75.3 Å². The highest BCUT2D eigenvalue weighted by Gasteiger charge is 2.27. The van der Waals surface area contributed by atoms with Crippen LogP contribution in [-0.2, 0) is 14.8 Å². The molecule has 0 aliphatic rings. The summed E-state index contributed by atoms with van der Waals surface area (Å²) in [5, 5.41) is 3.52. The van der Waals surface area contributed by atoms with Gasteiger partial charge in [0, 0.05) is 5.02 Å². The van der Waals surface area contributed by atoms with Crippen molar-refractivity contribution in [1.29, 1.82) is 0 Å². The number of aryl methyl sites for hydroxylation is 2. The number of rotatable bonds is 9. The van der Waals surface area contributed by atoms with E-state index in [1.54, 1.807) is 43.0 Å². The highest BCUT2D eigenvalue weighted by Crippen LogP contribution is 2.19. The van der Waals surface area contributed by atoms with E-state index < -0.39 is 16.1 Å². The van der Waals surface area contributed by atoms with Gasteiger partial charge in [0.05, 0.1) is 10.9 Å². The molecule has 0 saturated heterocycles. The van der Waals surface area contributed by atoms with Crippen LogP contribution in [-0.4, -0.2) is 32.4 Å². The Morgan fingerprint density at radius 3 is 2.41 bits per heavy atom. The minimum atomic E-state index is -3.83. The number of hydrogen-bond acceptors (Lipinski definition) is 4. The van der Waals surface area contributed by atoms with Gasteiger partial charge in [0.2, 0.25) is 15.9 Å². The van der Waals surface area contributed by atoms with Crippen LogP contribution in [0.1, 0.15) is 36.1 Å². The molecule has 0 aliphatic carbocycles. The monoisotopic (exact) mass is 454 g/mol. The van der Waals surface area contributed by atoms with Crippen molar-refractivity contribution in [1.82, 2.24) is 10.0 Å². The van der Waals surface area contributed by atoms with Crippen LogP contribution in [0.5, 0.6) is 0 Å². The number of benzene rings is 2. The molecule has 0 bridgehead atoms. The van der Waals surface area contributed by atoms with E-state index >= 15 is 0 Å². The van der Waals surface area contributed by atoms with E-state index in [4.69, 9.17) is 11.6 Å². The lowest BCUT2D eigenvalue weighted by Crippen LogP contribution is -2.47. The third kappa shape index (κ3) is 6.74. The molecule has 0 aliphatic heterocycles. The van der Waals surface area contributed by atoms with Crippen molar-refractivity contribution < 1.29 is 13.2 Å². The lowest BCUT2D eigenvalue weighted by Gasteiger charge is -2.22. The van der Waals surface area contributed by atoms with Crippen LogP contribution < -0.4 is 10.0 Å². The summed E-state index contributed by atoms with van der Waals surface area (Å²) in [6.45, 7) is 5.43. The molecule has 2 atom stereocenters. The Labute approximate surface area is 182 Å². The predicted octanol–water partition coefficient (Wildman–Crippen LogP) is 4.23. The maximum Gasteiger partial charge on any atom is 0.241 e. The molecule has 0 aromatic heterocycles. The molecule has 2 aromatic rings. The van der Waals surface area contributed by atoms with E-state index in [9.17, 15) is 13.2 Å². The third-order valence-electron chi connectivity index (χ3n) is 4.59. The van der Waals surface area contributed by atoms with Crippen molar-refractivity contribution in [2.24, 2.45) is 0 Å². The fourth-order valence-corrected chi connectivity index (χ4v) is 5.03. The zero-order valence-electron chi connectivity index (χ0n) is 17.0. The summed E-state index contributed by atoms with van der Waals surface area (Å²) >= 11 is 7.48. The Morgan fingerprint density at radius 2 is 1.79 bits per heavy atom. The summed E-state index contributed by atoms with van der Waals surface area (Å²) < 4.78 is 28.5. The van der Waals surface area contributed by atoms with Gasteiger partial charge in [-0.2, -0.15) is 16.5 Å². The van der Waals surface area contributed by atoms with Crippen LogP contribution in [0.3, 0.4) is 0 Å². The molecule has 8 heteroatoms. The smallest absolute Gasteiger partial charge is 0.241 e. The number of carbonyl (C=O) groups is 1. The molecule has 2 rings (SSSR count). The first-order chi connectivity index (χ1) is 13.6. The maximum absolute atomic E-state index is 13.0. The Balaban J connectivity index is 2.20. The van der Waals surface area contributed by atoms with E-state index in [0.717, 1.165) is 11.1 Å². The maximum atomic E-state index is 13.0. The molecular weight excluding hydrogens is 428 g/mol. The predicted molar refractivity (Wildman–Crippen MR) is 121 cm³/mol. The highest BCUT2D eigenvalue weighted by atomic mass is 35.5. The van der Waals surface area contributed by atoms with Gasteiger partial charge in [0.1, 0.15) is 6.04 Å². The van der Waals surface area contributed by atoms with Crippen LogP contribution in [0, 0.1) is 13.8 Å². The van der Waals surface area contributed by atoms with Crippen molar-refractivity contribution in [2.45, 2.75) is 44.2 Å². The molecule has 0 radical (unpaired) electrons. The van der Waals surface area contributed by atoms with Crippen LogP contribution in [0.25, 0.3) is 0 Å². The van der Waals surface area contributed by atoms with Gasteiger partial charge in [-0.1, -0.05) is 35.9 Å². The number of nitrogens with one attached hydrogen (secondary N) is 2. The highest BCUT2D eigenvalue weighted by molar-refractivity contribution is 7.98. The van der Waals surface area contributed by atoms with E-state index in [1.165, 1.54) is 0 Å². The van der Waals surface area contributed by atoms with Crippen LogP contribution >= 0.6 is 23.4 Å². The molecule has 29 heavy (non-hydrogen) atoms. The molecule has 5 nitrogen and oxygen atoms in total. The standard InChI is InChI=1S/C21H27ClN2O3S2/c1-14-5-6-15(2)20(13-14)29(26,27)24-19(11-12-28-4)21(25)23-16(3)17-7-9-18(22)10-8-17/h5-10,13,16,19,24H,11-12H2,1-4H3,(H,23,25). The van der Waals surface area contributed by atoms with Crippen molar-refractivity contribution in [2.75, 3.05) is 12.0 Å². The van der Waals surface area contributed by atoms with Crippen LogP contribution in [0.15, 0.2) is 47.4 Å². The van der Waals surface area contributed by atoms with Gasteiger partial charge >= 0.3 is 0 Å². The number of carbonyl (C=O) groups excluding carboxylic acids is 1. The van der Waals surface area contributed by atoms with Crippen molar-refractivity contribution in [3.05, 3.63) is 64.2 Å². The summed E-state index contributed by atoms with van der Waals surface area (Å²) in [6, 6.07) is 11.3. The van der Waals surface area contributed by atoms with Crippen molar-refractivity contribution >= 4 is 39.3 Å². The van der Waals surface area contributed by atoms with Gasteiger partial charge in [-0.3, -0.25) is 4.79 Å². The quantitative estimate of drug-likeness (QED) is 0.594. The molecule has 2 N–H and O–H groups in total. The molecule has 1 amide bonds. The second-order valence-electron chi connectivity index (χ2n) is 7.01. The minimum absolute atomic E-state index is 0.199. The minimum Gasteiger partial charge on any atom is -0.348 e. The molecule has 0 fully saturated rings. The average Bonchev–Trinajstić information content (AvgIpc) is 2.67. The summed E-state index contributed by atoms with van der Waals surface area (Å²) in [7, 11) is -3.83. The zero-order valence-corrected chi connectivity index (χ0v) is 19.4. The third-order valence-corrected chi connectivity index (χ3v) is 7.10. The Morgan fingerprint density at radius 1 is 1.14 bits per heavy atom. The number of sulfonamides is 1. The molecular formula is C21H27ClN2O3S2. The first-order valence-electron chi connectivity index (χ1n) is 9.28. The van der Waals surface area contributed by atoms with E-state index in [-0.39, 0.29) is 16.8 Å². The van der Waals surface area contributed by atoms with Gasteiger partial charge in [-0.25, -0.2) is 8.42 Å². The van der Waals surface area contributed by atoms with Crippen LogP contribution in [0.2, 0.25) is 5.02 Å². The fraction of sp³-hybridized carbons (Fsp3) is 0.381. The SMILES string of the molecule is CSCCC(NS(=O)(=O)c1cc(C)ccc1C)C(=O)NC(C)c1ccc(Cl)cc1. The van der Waals surface area contributed by atoms with E-state index in [0.29, 0.717) is 22.8 Å². The Kier molecular flexibility index (Phi) is 8.58.